The molecule has 0 aromatic heterocycles. The number of benzene rings is 1. The average molecular weight is 189 g/mol. The molecule has 0 spiro atoms. The van der Waals surface area contributed by atoms with Gasteiger partial charge in [-0.15, -0.1) is 0 Å². The van der Waals surface area contributed by atoms with Crippen molar-refractivity contribution >= 4 is 17.3 Å². The number of rotatable bonds is 0. The van der Waals surface area contributed by atoms with E-state index in [2.05, 4.69) is 5.32 Å². The van der Waals surface area contributed by atoms with Gasteiger partial charge in [0.2, 0.25) is 5.91 Å². The first-order valence-electron chi connectivity index (χ1n) is 4.65. The minimum Gasteiger partial charge on any atom is -0.325 e. The molecule has 0 unspecified atom stereocenters. The van der Waals surface area contributed by atoms with Crippen LogP contribution in [-0.4, -0.2) is 5.91 Å². The fourth-order valence-electron chi connectivity index (χ4n) is 1.69. The van der Waals surface area contributed by atoms with E-state index in [0.717, 1.165) is 17.7 Å². The van der Waals surface area contributed by atoms with Crippen LogP contribution in [0.5, 0.6) is 0 Å². The van der Waals surface area contributed by atoms with Crippen molar-refractivity contribution in [2.75, 3.05) is 5.32 Å². The van der Waals surface area contributed by atoms with Gasteiger partial charge in [0.1, 0.15) is 0 Å². The largest absolute Gasteiger partial charge is 0.325 e. The predicted octanol–water partition coefficient (Wildman–Crippen LogP) is 2.12. The van der Waals surface area contributed by atoms with Gasteiger partial charge in [0.15, 0.2) is 0 Å². The van der Waals surface area contributed by atoms with Crippen molar-refractivity contribution in [3.8, 4) is 0 Å². The number of fused-ring (bicyclic) bond motifs is 1. The maximum atomic E-state index is 11.6. The van der Waals surface area contributed by atoms with Gasteiger partial charge in [-0.1, -0.05) is 19.9 Å². The maximum absolute atomic E-state index is 11.6. The van der Waals surface area contributed by atoms with Crippen molar-refractivity contribution in [2.24, 2.45) is 5.41 Å². The molecule has 1 aliphatic rings. The number of nitrogens with one attached hydrogen (secondary N) is 2. The number of hydrogen-bond acceptors (Lipinski definition) is 1. The summed E-state index contributed by atoms with van der Waals surface area (Å²) in [6.07, 6.45) is 0.744. The molecular weight excluding hydrogens is 176 g/mol. The molecule has 73 valence electrons. The van der Waals surface area contributed by atoms with Crippen molar-refractivity contribution in [3.05, 3.63) is 23.8 Å². The fraction of sp³-hybridized carbons (Fsp3) is 0.364. The van der Waals surface area contributed by atoms with Crippen LogP contribution in [0.15, 0.2) is 18.2 Å². The first-order chi connectivity index (χ1) is 6.49. The normalized spacial score (nSPS) is 18.6. The van der Waals surface area contributed by atoms with Crippen molar-refractivity contribution in [2.45, 2.75) is 20.3 Å². The molecule has 1 aromatic carbocycles. The number of carbonyl (C=O) groups is 1. The molecule has 1 aromatic rings. The first kappa shape index (κ1) is 9.06. The highest BCUT2D eigenvalue weighted by Crippen LogP contribution is 2.34. The highest BCUT2D eigenvalue weighted by molar-refractivity contribution is 5.98. The van der Waals surface area contributed by atoms with Crippen LogP contribution < -0.4 is 11.1 Å². The van der Waals surface area contributed by atoms with E-state index in [4.69, 9.17) is 5.73 Å². The third-order valence-corrected chi connectivity index (χ3v) is 2.61. The molecule has 1 amide bonds. The molecular formula is C11H13N2O. The average Bonchev–Trinajstić information content (AvgIpc) is 2.08. The highest BCUT2D eigenvalue weighted by atomic mass is 16.2. The van der Waals surface area contributed by atoms with E-state index in [-0.39, 0.29) is 11.3 Å². The minimum atomic E-state index is -0.337. The second-order valence-electron chi connectivity index (χ2n) is 4.39. The van der Waals surface area contributed by atoms with Crippen LogP contribution in [0.25, 0.3) is 0 Å². The molecule has 3 nitrogen and oxygen atoms in total. The molecule has 14 heavy (non-hydrogen) atoms. The summed E-state index contributed by atoms with van der Waals surface area (Å²) in [7, 11) is 0. The highest BCUT2D eigenvalue weighted by Gasteiger charge is 2.33. The molecule has 0 saturated carbocycles. The van der Waals surface area contributed by atoms with Crippen molar-refractivity contribution in [1.29, 1.82) is 0 Å². The molecule has 0 bridgehead atoms. The van der Waals surface area contributed by atoms with Crippen LogP contribution in [-0.2, 0) is 11.2 Å². The summed E-state index contributed by atoms with van der Waals surface area (Å²) in [6, 6.07) is 5.37. The van der Waals surface area contributed by atoms with E-state index >= 15 is 0 Å². The number of hydrogen-bond donors (Lipinski definition) is 1. The number of carbonyl (C=O) groups excluding carboxylic acids is 1. The Morgan fingerprint density at radius 2 is 2.14 bits per heavy atom. The van der Waals surface area contributed by atoms with E-state index < -0.39 is 0 Å². The van der Waals surface area contributed by atoms with E-state index in [1.165, 1.54) is 0 Å². The van der Waals surface area contributed by atoms with Crippen LogP contribution in [0, 0.1) is 5.41 Å². The molecule has 1 radical (unpaired) electrons. The van der Waals surface area contributed by atoms with Gasteiger partial charge in [0.25, 0.3) is 0 Å². The van der Waals surface area contributed by atoms with Crippen LogP contribution in [0.2, 0.25) is 0 Å². The second kappa shape index (κ2) is 2.74. The Labute approximate surface area is 83.3 Å². The zero-order valence-corrected chi connectivity index (χ0v) is 8.35. The van der Waals surface area contributed by atoms with Gasteiger partial charge in [-0.2, -0.15) is 0 Å². The lowest BCUT2D eigenvalue weighted by molar-refractivity contribution is -0.124. The SMILES string of the molecule is CC1(C)Cc2ccc([NH])cc2NC1=O. The fourth-order valence-corrected chi connectivity index (χ4v) is 1.69. The Hall–Kier alpha value is -1.51. The van der Waals surface area contributed by atoms with E-state index in [1.54, 1.807) is 12.1 Å². The lowest BCUT2D eigenvalue weighted by Gasteiger charge is -2.30. The molecule has 0 fully saturated rings. The Morgan fingerprint density at radius 3 is 2.86 bits per heavy atom. The zero-order chi connectivity index (χ0) is 10.3. The monoisotopic (exact) mass is 189 g/mol. The van der Waals surface area contributed by atoms with Gasteiger partial charge in [-0.25, -0.2) is 0 Å². The molecule has 2 rings (SSSR count). The van der Waals surface area contributed by atoms with Crippen LogP contribution >= 0.6 is 0 Å². The molecule has 2 N–H and O–H groups in total. The lowest BCUT2D eigenvalue weighted by atomic mass is 9.81. The molecule has 3 heteroatoms. The summed E-state index contributed by atoms with van der Waals surface area (Å²) >= 11 is 0. The van der Waals surface area contributed by atoms with Crippen LogP contribution in [0.1, 0.15) is 19.4 Å². The summed E-state index contributed by atoms with van der Waals surface area (Å²) in [5, 5.41) is 2.83. The van der Waals surface area contributed by atoms with Crippen molar-refractivity contribution < 1.29 is 4.79 Å². The Kier molecular flexibility index (Phi) is 1.77. The second-order valence-corrected chi connectivity index (χ2v) is 4.39. The summed E-state index contributed by atoms with van der Waals surface area (Å²) in [5.41, 5.74) is 9.46. The summed E-state index contributed by atoms with van der Waals surface area (Å²) in [5.74, 6) is 0.0376. The summed E-state index contributed by atoms with van der Waals surface area (Å²) in [6.45, 7) is 3.86. The maximum Gasteiger partial charge on any atom is 0.230 e. The molecule has 1 aliphatic heterocycles. The smallest absolute Gasteiger partial charge is 0.230 e. The Bertz CT molecular complexity index is 396. The zero-order valence-electron chi connectivity index (χ0n) is 8.35. The topological polar surface area (TPSA) is 52.9 Å². The van der Waals surface area contributed by atoms with Gasteiger partial charge in [0, 0.05) is 11.1 Å². The van der Waals surface area contributed by atoms with Crippen LogP contribution in [0.3, 0.4) is 0 Å². The van der Waals surface area contributed by atoms with E-state index in [0.29, 0.717) is 5.69 Å². The first-order valence-corrected chi connectivity index (χ1v) is 4.65. The Morgan fingerprint density at radius 1 is 1.43 bits per heavy atom. The van der Waals surface area contributed by atoms with Gasteiger partial charge >= 0.3 is 0 Å². The molecule has 0 saturated heterocycles. The van der Waals surface area contributed by atoms with Gasteiger partial charge in [0.05, 0.1) is 5.69 Å². The molecule has 0 atom stereocenters. The van der Waals surface area contributed by atoms with E-state index in [1.807, 2.05) is 19.9 Å². The van der Waals surface area contributed by atoms with E-state index in [9.17, 15) is 4.79 Å². The lowest BCUT2D eigenvalue weighted by Crippen LogP contribution is -2.36. The quantitative estimate of drug-likeness (QED) is 0.667. The van der Waals surface area contributed by atoms with Gasteiger partial charge < -0.3 is 11.1 Å². The standard InChI is InChI=1S/C11H13N2O/c1-11(2)6-7-3-4-8(12)5-9(7)13-10(11)14/h3-5,12H,6H2,1-2H3,(H,13,14). The third kappa shape index (κ3) is 1.35. The number of amides is 1. The summed E-state index contributed by atoms with van der Waals surface area (Å²) in [4.78, 5) is 11.6. The minimum absolute atomic E-state index is 0.0376. The predicted molar refractivity (Wildman–Crippen MR) is 55.3 cm³/mol. The summed E-state index contributed by atoms with van der Waals surface area (Å²) < 4.78 is 0. The van der Waals surface area contributed by atoms with Crippen molar-refractivity contribution in [3.63, 3.8) is 0 Å². The molecule has 0 aliphatic carbocycles. The molecule has 1 heterocycles. The van der Waals surface area contributed by atoms with Crippen LogP contribution in [0.4, 0.5) is 11.4 Å². The third-order valence-electron chi connectivity index (χ3n) is 2.61. The Balaban J connectivity index is 2.46. The van der Waals surface area contributed by atoms with Gasteiger partial charge in [-0.05, 0) is 24.1 Å². The van der Waals surface area contributed by atoms with Gasteiger partial charge in [-0.3, -0.25) is 4.79 Å². The number of anilines is 1. The van der Waals surface area contributed by atoms with Crippen molar-refractivity contribution in [1.82, 2.24) is 5.73 Å².